The summed E-state index contributed by atoms with van der Waals surface area (Å²) in [6, 6.07) is 14.2. The predicted octanol–water partition coefficient (Wildman–Crippen LogP) is 1.50. The standard InChI is InChI=1S/C62H87F2N13O13/c1-45-12-14-46(15-13-45)8-5-10-53(78)67-20-6-9-52(70-54(79)40-72-23-25-73(41-57(82)83)27-29-75(43-59(86)87)30-28-74(26-24-72)42-58(84)85)61(89)68-19-4-2-3-11-55(80)76-33-31-71(32-34-76)22-7-35-90-48-16-17-51-50(36-48)49(18-21-66-51)60(88)69-39-56(81)77-44-62(63,64)37-47(77)38-65/h12-18,21,36,47,52H,2-11,19-20,22-35,37,39-44H2,1H3,(H,67,78)(H,68,89)(H,69,88)(H,70,79)(H,82,83)(H,84,85)(H,86,87)/t47-,52?/m1/s1. The number of pyridine rings is 1. The van der Waals surface area contributed by atoms with Crippen LogP contribution in [0.4, 0.5) is 8.78 Å². The molecule has 6 rings (SSSR count). The summed E-state index contributed by atoms with van der Waals surface area (Å²) in [6.07, 6.45) is 5.84. The number of hydrogen-bond acceptors (Lipinski definition) is 17. The van der Waals surface area contributed by atoms with Gasteiger partial charge in [0.2, 0.25) is 29.5 Å². The summed E-state index contributed by atoms with van der Waals surface area (Å²) in [5.74, 6) is -8.29. The second-order valence-corrected chi connectivity index (χ2v) is 23.2. The van der Waals surface area contributed by atoms with Crippen LogP contribution in [0.1, 0.15) is 85.7 Å². The van der Waals surface area contributed by atoms with E-state index in [1.54, 1.807) is 43.9 Å². The van der Waals surface area contributed by atoms with E-state index < -0.39 is 79.1 Å². The number of nitrogens with zero attached hydrogens (tertiary/aromatic N) is 9. The number of fused-ring (bicyclic) bond motifs is 1. The van der Waals surface area contributed by atoms with E-state index in [0.29, 0.717) is 101 Å². The number of aliphatic carboxylic acids is 3. The first-order valence-corrected chi connectivity index (χ1v) is 30.9. The minimum atomic E-state index is -3.18. The fourth-order valence-corrected chi connectivity index (χ4v) is 11.1. The number of ether oxygens (including phenoxy) is 1. The number of rotatable bonds is 32. The van der Waals surface area contributed by atoms with Gasteiger partial charge in [-0.25, -0.2) is 8.78 Å². The lowest BCUT2D eigenvalue weighted by Gasteiger charge is -2.34. The molecule has 3 aromatic rings. The number of nitriles is 1. The Kier molecular flexibility index (Phi) is 28.9. The third kappa shape index (κ3) is 25.1. The Morgan fingerprint density at radius 1 is 0.667 bits per heavy atom. The number of alkyl halides is 2. The van der Waals surface area contributed by atoms with Crippen molar-refractivity contribution in [3.05, 3.63) is 71.4 Å². The Hall–Kier alpha value is -7.97. The summed E-state index contributed by atoms with van der Waals surface area (Å²) < 4.78 is 33.8. The summed E-state index contributed by atoms with van der Waals surface area (Å²) in [7, 11) is 0. The number of unbranched alkanes of at least 4 members (excludes halogenated alkanes) is 2. The molecule has 0 aliphatic carbocycles. The van der Waals surface area contributed by atoms with Gasteiger partial charge in [-0.3, -0.25) is 72.6 Å². The maximum atomic E-state index is 13.9. The molecule has 492 valence electrons. The van der Waals surface area contributed by atoms with Gasteiger partial charge in [-0.2, -0.15) is 5.26 Å². The molecule has 0 spiro atoms. The lowest BCUT2D eigenvalue weighted by molar-refractivity contribution is -0.140. The van der Waals surface area contributed by atoms with Crippen LogP contribution in [0.5, 0.6) is 5.75 Å². The smallest absolute Gasteiger partial charge is 0.317 e. The van der Waals surface area contributed by atoms with Crippen molar-refractivity contribution >= 4 is 64.3 Å². The molecule has 3 fully saturated rings. The van der Waals surface area contributed by atoms with Gasteiger partial charge in [0.15, 0.2) is 0 Å². The van der Waals surface area contributed by atoms with Crippen molar-refractivity contribution in [2.75, 3.05) is 144 Å². The number of aromatic nitrogens is 1. The number of amides is 6. The van der Waals surface area contributed by atoms with Crippen molar-refractivity contribution in [1.29, 1.82) is 5.26 Å². The van der Waals surface area contributed by atoms with Crippen molar-refractivity contribution in [2.45, 2.75) is 95.6 Å². The fraction of sp³-hybridized carbons (Fsp3) is 0.597. The van der Waals surface area contributed by atoms with Gasteiger partial charge in [0.25, 0.3) is 11.8 Å². The highest BCUT2D eigenvalue weighted by Gasteiger charge is 2.47. The normalized spacial score (nSPS) is 17.7. The first-order chi connectivity index (χ1) is 43.1. The van der Waals surface area contributed by atoms with Gasteiger partial charge in [0.1, 0.15) is 17.8 Å². The molecule has 1 aromatic heterocycles. The SMILES string of the molecule is Cc1ccc(CCCC(=O)NCCCC(NC(=O)CN2CCN(CC(=O)O)CCN(CC(=O)O)CCN(CC(=O)O)CC2)C(=O)NCCCCCC(=O)N2CCN(CCCOc3ccc4nccc(C(=O)NCC(=O)N5CC(F)(F)C[C@@H]5C#N)c4c3)CC2)cc1. The van der Waals surface area contributed by atoms with Gasteiger partial charge in [-0.15, -0.1) is 0 Å². The van der Waals surface area contributed by atoms with Crippen LogP contribution in [0.25, 0.3) is 10.9 Å². The molecule has 90 heavy (non-hydrogen) atoms. The van der Waals surface area contributed by atoms with Crippen LogP contribution < -0.4 is 26.0 Å². The van der Waals surface area contributed by atoms with Gasteiger partial charge < -0.3 is 51.1 Å². The van der Waals surface area contributed by atoms with Crippen molar-refractivity contribution in [3.63, 3.8) is 0 Å². The number of piperazine rings is 1. The zero-order chi connectivity index (χ0) is 65.0. The molecule has 3 aliphatic heterocycles. The van der Waals surface area contributed by atoms with Crippen molar-refractivity contribution in [3.8, 4) is 11.8 Å². The average Bonchev–Trinajstić information content (AvgIpc) is 1.41. The largest absolute Gasteiger partial charge is 0.494 e. The number of benzene rings is 2. The van der Waals surface area contributed by atoms with E-state index in [1.807, 2.05) is 36.1 Å². The Morgan fingerprint density at radius 3 is 1.88 bits per heavy atom. The molecule has 6 amide bonds. The van der Waals surface area contributed by atoms with Crippen LogP contribution in [0, 0.1) is 18.3 Å². The molecule has 0 saturated carbocycles. The maximum Gasteiger partial charge on any atom is 0.317 e. The summed E-state index contributed by atoms with van der Waals surface area (Å²) in [6.45, 7) is 5.28. The van der Waals surface area contributed by atoms with Gasteiger partial charge in [0.05, 0.1) is 63.0 Å². The topological polar surface area (TPSA) is 331 Å². The lowest BCUT2D eigenvalue weighted by atomic mass is 10.1. The van der Waals surface area contributed by atoms with E-state index >= 15 is 0 Å². The zero-order valence-corrected chi connectivity index (χ0v) is 51.4. The van der Waals surface area contributed by atoms with Gasteiger partial charge in [-0.05, 0) is 81.7 Å². The Morgan fingerprint density at radius 2 is 1.27 bits per heavy atom. The van der Waals surface area contributed by atoms with E-state index in [1.165, 1.54) is 12.3 Å². The number of carboxylic acid groups (broad SMARTS) is 3. The van der Waals surface area contributed by atoms with E-state index in [-0.39, 0.29) is 115 Å². The first-order valence-electron chi connectivity index (χ1n) is 30.9. The Labute approximate surface area is 523 Å². The summed E-state index contributed by atoms with van der Waals surface area (Å²) in [4.78, 5) is 131. The van der Waals surface area contributed by atoms with E-state index in [4.69, 9.17) is 4.74 Å². The molecule has 28 heteroatoms. The number of hydrogen-bond donors (Lipinski definition) is 7. The monoisotopic (exact) mass is 1260 g/mol. The van der Waals surface area contributed by atoms with Gasteiger partial charge >= 0.3 is 17.9 Å². The number of halogens is 2. The number of likely N-dealkylation sites (tertiary alicyclic amines) is 1. The van der Waals surface area contributed by atoms with Crippen molar-refractivity contribution in [2.24, 2.45) is 0 Å². The summed E-state index contributed by atoms with van der Waals surface area (Å²) in [5, 5.41) is 49.8. The van der Waals surface area contributed by atoms with E-state index in [9.17, 15) is 72.5 Å². The maximum absolute atomic E-state index is 13.9. The summed E-state index contributed by atoms with van der Waals surface area (Å²) >= 11 is 0. The fourth-order valence-electron chi connectivity index (χ4n) is 11.1. The molecular formula is C62H87F2N13O13. The van der Waals surface area contributed by atoms with E-state index in [2.05, 4.69) is 31.2 Å². The highest BCUT2D eigenvalue weighted by atomic mass is 19.3. The van der Waals surface area contributed by atoms with Crippen LogP contribution in [0.15, 0.2) is 54.7 Å². The Bertz CT molecular complexity index is 2920. The zero-order valence-electron chi connectivity index (χ0n) is 51.4. The molecule has 0 bridgehead atoms. The third-order valence-electron chi connectivity index (χ3n) is 16.1. The second kappa shape index (κ2) is 36.6. The third-order valence-corrected chi connectivity index (χ3v) is 16.1. The second-order valence-electron chi connectivity index (χ2n) is 23.2. The lowest BCUT2D eigenvalue weighted by Crippen LogP contribution is -2.52. The molecule has 0 radical (unpaired) electrons. The highest BCUT2D eigenvalue weighted by Crippen LogP contribution is 2.32. The van der Waals surface area contributed by atoms with Gasteiger partial charge in [0, 0.05) is 129 Å². The number of carbonyl (C=O) groups is 9. The molecule has 1 unspecified atom stereocenters. The van der Waals surface area contributed by atoms with Crippen molar-refractivity contribution in [1.82, 2.24) is 60.6 Å². The van der Waals surface area contributed by atoms with E-state index in [0.717, 1.165) is 29.0 Å². The number of carboxylic acids is 3. The molecule has 2 atom stereocenters. The van der Waals surface area contributed by atoms with Crippen LogP contribution in [-0.2, 0) is 44.8 Å². The molecule has 2 aromatic carbocycles. The van der Waals surface area contributed by atoms with Gasteiger partial charge in [-0.1, -0.05) is 36.2 Å². The predicted molar refractivity (Wildman–Crippen MR) is 326 cm³/mol. The molecule has 3 saturated heterocycles. The summed E-state index contributed by atoms with van der Waals surface area (Å²) in [5.41, 5.74) is 3.00. The number of nitrogens with one attached hydrogen (secondary N) is 4. The molecule has 7 N–H and O–H groups in total. The number of carbonyl (C=O) groups excluding carboxylic acids is 6. The number of aryl methyl sites for hydroxylation is 2. The molecule has 26 nitrogen and oxygen atoms in total. The van der Waals surface area contributed by atoms with Crippen LogP contribution in [0.2, 0.25) is 0 Å². The molecule has 3 aliphatic rings. The first kappa shape index (κ1) is 71.1. The molecule has 4 heterocycles. The van der Waals surface area contributed by atoms with Crippen LogP contribution in [0.3, 0.4) is 0 Å². The minimum Gasteiger partial charge on any atom is -0.494 e. The van der Waals surface area contributed by atoms with Crippen molar-refractivity contribution < 1.29 is 72.0 Å². The highest BCUT2D eigenvalue weighted by molar-refractivity contribution is 6.07. The minimum absolute atomic E-state index is 0.0429. The Balaban J connectivity index is 0.922. The quantitative estimate of drug-likeness (QED) is 0.0436. The van der Waals surface area contributed by atoms with Crippen LogP contribution >= 0.6 is 0 Å². The van der Waals surface area contributed by atoms with Crippen LogP contribution in [-0.4, -0.2) is 270 Å². The molecular weight excluding hydrogens is 1170 g/mol. The average molecular weight is 1260 g/mol.